The molecule has 0 saturated heterocycles. The zero-order valence-electron chi connectivity index (χ0n) is 13.8. The molecule has 0 atom stereocenters. The van der Waals surface area contributed by atoms with Crippen LogP contribution < -0.4 is 5.32 Å². The lowest BCUT2D eigenvalue weighted by Crippen LogP contribution is -2.33. The van der Waals surface area contributed by atoms with E-state index in [0.29, 0.717) is 30.6 Å². The van der Waals surface area contributed by atoms with Gasteiger partial charge in [-0.05, 0) is 30.7 Å². The van der Waals surface area contributed by atoms with E-state index >= 15 is 0 Å². The quantitative estimate of drug-likeness (QED) is 0.754. The Morgan fingerprint density at radius 3 is 2.29 bits per heavy atom. The van der Waals surface area contributed by atoms with Crippen LogP contribution in [0.4, 0.5) is 0 Å². The number of sulfonamides is 1. The SMILES string of the molecule is CCCN(CCC)S(=O)(=O)c1c(C)csc1CNC(C)C. The maximum Gasteiger partial charge on any atom is 0.244 e. The summed E-state index contributed by atoms with van der Waals surface area (Å²) in [6.45, 7) is 11.8. The van der Waals surface area contributed by atoms with E-state index in [1.165, 1.54) is 11.3 Å². The summed E-state index contributed by atoms with van der Waals surface area (Å²) in [4.78, 5) is 1.43. The van der Waals surface area contributed by atoms with Gasteiger partial charge in [0, 0.05) is 30.6 Å². The molecule has 1 heterocycles. The molecule has 122 valence electrons. The number of nitrogens with zero attached hydrogens (tertiary/aromatic N) is 1. The molecule has 0 unspecified atom stereocenters. The molecule has 0 amide bonds. The van der Waals surface area contributed by atoms with E-state index in [0.717, 1.165) is 23.3 Å². The van der Waals surface area contributed by atoms with Crippen molar-refractivity contribution in [3.05, 3.63) is 15.8 Å². The zero-order valence-corrected chi connectivity index (χ0v) is 15.4. The molecule has 1 aromatic heterocycles. The molecular weight excluding hydrogens is 304 g/mol. The van der Waals surface area contributed by atoms with E-state index in [1.807, 2.05) is 26.2 Å². The first kappa shape index (κ1) is 18.6. The van der Waals surface area contributed by atoms with Crippen molar-refractivity contribution in [1.29, 1.82) is 0 Å². The third-order valence-electron chi connectivity index (χ3n) is 3.20. The monoisotopic (exact) mass is 332 g/mol. The second-order valence-corrected chi connectivity index (χ2v) is 8.45. The standard InChI is InChI=1S/C15H28N2O2S2/c1-6-8-17(9-7-2)21(18,19)15-13(5)11-20-14(15)10-16-12(3)4/h11-12,16H,6-10H2,1-5H3. The van der Waals surface area contributed by atoms with Gasteiger partial charge in [0.25, 0.3) is 0 Å². The topological polar surface area (TPSA) is 49.4 Å². The summed E-state index contributed by atoms with van der Waals surface area (Å²) in [6.07, 6.45) is 1.67. The lowest BCUT2D eigenvalue weighted by Gasteiger charge is -2.22. The second-order valence-electron chi connectivity index (χ2n) is 5.61. The van der Waals surface area contributed by atoms with Crippen LogP contribution in [0.15, 0.2) is 10.3 Å². The fourth-order valence-corrected chi connectivity index (χ4v) is 5.57. The summed E-state index contributed by atoms with van der Waals surface area (Å²) in [5.74, 6) is 0. The summed E-state index contributed by atoms with van der Waals surface area (Å²) >= 11 is 1.53. The van der Waals surface area contributed by atoms with Crippen LogP contribution >= 0.6 is 11.3 Å². The van der Waals surface area contributed by atoms with Crippen LogP contribution in [0, 0.1) is 6.92 Å². The Kier molecular flexibility index (Phi) is 7.33. The Bertz CT molecular complexity index is 530. The van der Waals surface area contributed by atoms with Crippen molar-refractivity contribution >= 4 is 21.4 Å². The Morgan fingerprint density at radius 1 is 1.24 bits per heavy atom. The van der Waals surface area contributed by atoms with Gasteiger partial charge in [-0.15, -0.1) is 11.3 Å². The molecule has 6 heteroatoms. The van der Waals surface area contributed by atoms with Gasteiger partial charge in [-0.1, -0.05) is 27.7 Å². The van der Waals surface area contributed by atoms with E-state index in [4.69, 9.17) is 0 Å². The molecule has 1 aromatic rings. The maximum atomic E-state index is 13.0. The Morgan fingerprint density at radius 2 is 1.81 bits per heavy atom. The van der Waals surface area contributed by atoms with Crippen molar-refractivity contribution in [3.63, 3.8) is 0 Å². The summed E-state index contributed by atoms with van der Waals surface area (Å²) in [6, 6.07) is 0.338. The van der Waals surface area contributed by atoms with E-state index in [1.54, 1.807) is 4.31 Å². The van der Waals surface area contributed by atoms with Gasteiger partial charge in [0.15, 0.2) is 0 Å². The lowest BCUT2D eigenvalue weighted by atomic mass is 10.3. The molecule has 4 nitrogen and oxygen atoms in total. The molecule has 0 aliphatic heterocycles. The number of hydrogen-bond acceptors (Lipinski definition) is 4. The number of hydrogen-bond donors (Lipinski definition) is 1. The van der Waals surface area contributed by atoms with Crippen molar-refractivity contribution < 1.29 is 8.42 Å². The van der Waals surface area contributed by atoms with Crippen molar-refractivity contribution in [2.24, 2.45) is 0 Å². The minimum Gasteiger partial charge on any atom is -0.310 e. The molecular formula is C15H28N2O2S2. The predicted molar refractivity (Wildman–Crippen MR) is 90.4 cm³/mol. The van der Waals surface area contributed by atoms with Gasteiger partial charge >= 0.3 is 0 Å². The fraction of sp³-hybridized carbons (Fsp3) is 0.733. The summed E-state index contributed by atoms with van der Waals surface area (Å²) in [7, 11) is -3.39. The van der Waals surface area contributed by atoms with Gasteiger partial charge < -0.3 is 5.32 Å². The third-order valence-corrected chi connectivity index (χ3v) is 6.57. The predicted octanol–water partition coefficient (Wildman–Crippen LogP) is 3.37. The Labute approximate surface area is 133 Å². The molecule has 0 radical (unpaired) electrons. The van der Waals surface area contributed by atoms with Crippen LogP contribution in [-0.4, -0.2) is 31.9 Å². The van der Waals surface area contributed by atoms with E-state index < -0.39 is 10.0 Å². The van der Waals surface area contributed by atoms with Gasteiger partial charge in [-0.2, -0.15) is 4.31 Å². The van der Waals surface area contributed by atoms with Crippen LogP contribution in [-0.2, 0) is 16.6 Å². The maximum absolute atomic E-state index is 13.0. The number of thiophene rings is 1. The van der Waals surface area contributed by atoms with Gasteiger partial charge in [0.2, 0.25) is 10.0 Å². The Hall–Kier alpha value is -0.430. The Balaban J connectivity index is 3.13. The summed E-state index contributed by atoms with van der Waals surface area (Å²) in [5, 5.41) is 5.26. The first-order valence-corrected chi connectivity index (χ1v) is 9.97. The van der Waals surface area contributed by atoms with E-state index in [9.17, 15) is 8.42 Å². The average Bonchev–Trinajstić information content (AvgIpc) is 2.78. The largest absolute Gasteiger partial charge is 0.310 e. The van der Waals surface area contributed by atoms with Crippen LogP contribution in [0.2, 0.25) is 0 Å². The average molecular weight is 333 g/mol. The van der Waals surface area contributed by atoms with Crippen LogP contribution in [0.5, 0.6) is 0 Å². The molecule has 0 spiro atoms. The fourth-order valence-electron chi connectivity index (χ4n) is 2.23. The summed E-state index contributed by atoms with van der Waals surface area (Å²) < 4.78 is 27.6. The highest BCUT2D eigenvalue weighted by Crippen LogP contribution is 2.29. The van der Waals surface area contributed by atoms with Gasteiger partial charge in [0.1, 0.15) is 4.90 Å². The summed E-state index contributed by atoms with van der Waals surface area (Å²) in [5.41, 5.74) is 0.859. The number of rotatable bonds is 9. The number of aryl methyl sites for hydroxylation is 1. The molecule has 0 aliphatic carbocycles. The van der Waals surface area contributed by atoms with Crippen molar-refractivity contribution in [1.82, 2.24) is 9.62 Å². The third kappa shape index (κ3) is 4.77. The molecule has 1 rings (SSSR count). The lowest BCUT2D eigenvalue weighted by molar-refractivity contribution is 0.409. The minimum absolute atomic E-state index is 0.338. The molecule has 0 aliphatic rings. The van der Waals surface area contributed by atoms with Crippen molar-refractivity contribution in [3.8, 4) is 0 Å². The number of nitrogens with one attached hydrogen (secondary N) is 1. The van der Waals surface area contributed by atoms with Crippen molar-refractivity contribution in [2.45, 2.75) is 64.9 Å². The van der Waals surface area contributed by atoms with Gasteiger partial charge in [-0.25, -0.2) is 8.42 Å². The molecule has 1 N–H and O–H groups in total. The molecule has 0 fully saturated rings. The van der Waals surface area contributed by atoms with Crippen LogP contribution in [0.3, 0.4) is 0 Å². The van der Waals surface area contributed by atoms with E-state index in [2.05, 4.69) is 19.2 Å². The molecule has 0 aromatic carbocycles. The second kappa shape index (κ2) is 8.27. The zero-order chi connectivity index (χ0) is 16.0. The molecule has 0 bridgehead atoms. The van der Waals surface area contributed by atoms with Gasteiger partial charge in [0.05, 0.1) is 0 Å². The smallest absolute Gasteiger partial charge is 0.244 e. The van der Waals surface area contributed by atoms with E-state index in [-0.39, 0.29) is 0 Å². The van der Waals surface area contributed by atoms with Crippen molar-refractivity contribution in [2.75, 3.05) is 13.1 Å². The first-order chi connectivity index (χ1) is 9.84. The van der Waals surface area contributed by atoms with Gasteiger partial charge in [-0.3, -0.25) is 0 Å². The normalized spacial score (nSPS) is 12.5. The highest BCUT2D eigenvalue weighted by molar-refractivity contribution is 7.89. The molecule has 21 heavy (non-hydrogen) atoms. The van der Waals surface area contributed by atoms with Crippen LogP contribution in [0.1, 0.15) is 51.0 Å². The first-order valence-electron chi connectivity index (χ1n) is 7.65. The highest BCUT2D eigenvalue weighted by Gasteiger charge is 2.28. The van der Waals surface area contributed by atoms with Crippen LogP contribution in [0.25, 0.3) is 0 Å². The molecule has 0 saturated carbocycles. The highest BCUT2D eigenvalue weighted by atomic mass is 32.2. The minimum atomic E-state index is -3.39.